The minimum atomic E-state index is -0.477. The first-order valence-corrected chi connectivity index (χ1v) is 14.1. The Kier molecular flexibility index (Phi) is 7.63. The van der Waals surface area contributed by atoms with E-state index in [4.69, 9.17) is 4.99 Å². The summed E-state index contributed by atoms with van der Waals surface area (Å²) in [6.07, 6.45) is 3.83. The molecule has 5 aromatic rings. The molecule has 3 aromatic carbocycles. The molecule has 12 nitrogen and oxygen atoms in total. The number of nitro groups is 1. The predicted octanol–water partition coefficient (Wildman–Crippen LogP) is 5.46. The van der Waals surface area contributed by atoms with E-state index in [1.165, 1.54) is 19.1 Å². The van der Waals surface area contributed by atoms with Crippen molar-refractivity contribution in [2.24, 2.45) is 4.99 Å². The summed E-state index contributed by atoms with van der Waals surface area (Å²) >= 11 is 0. The molecule has 44 heavy (non-hydrogen) atoms. The van der Waals surface area contributed by atoms with Gasteiger partial charge in [0.2, 0.25) is 17.8 Å². The minimum absolute atomic E-state index is 0.105. The van der Waals surface area contributed by atoms with Crippen LogP contribution < -0.4 is 5.32 Å². The van der Waals surface area contributed by atoms with Gasteiger partial charge in [-0.3, -0.25) is 25.0 Å². The van der Waals surface area contributed by atoms with Gasteiger partial charge in [0.15, 0.2) is 5.88 Å². The molecule has 1 fully saturated rings. The first kappa shape index (κ1) is 28.3. The third-order valence-corrected chi connectivity index (χ3v) is 7.57. The number of non-ortho nitro benzene ring substituents is 1. The molecule has 1 aliphatic rings. The SMILES string of the molecule is CC(=O)Nc1ncc(-c2ccc(N=C(c3ccc(CCN4CCCC4=O)cc3)c3c(O)[nH]c4ccc([N+](=O)[O-])cc34)cc2)[nH]1. The topological polar surface area (TPSA) is 170 Å². The lowest BCUT2D eigenvalue weighted by Gasteiger charge is -2.15. The van der Waals surface area contributed by atoms with Gasteiger partial charge in [-0.1, -0.05) is 36.4 Å². The highest BCUT2D eigenvalue weighted by Crippen LogP contribution is 2.34. The number of H-pyrrole nitrogens is 2. The molecule has 0 radical (unpaired) electrons. The molecular weight excluding hydrogens is 562 g/mol. The number of benzene rings is 3. The summed E-state index contributed by atoms with van der Waals surface area (Å²) in [7, 11) is 0. The molecule has 6 rings (SSSR count). The number of anilines is 1. The molecule has 2 aromatic heterocycles. The van der Waals surface area contributed by atoms with E-state index in [1.54, 1.807) is 12.3 Å². The second kappa shape index (κ2) is 11.8. The fraction of sp³-hybridized carbons (Fsp3) is 0.188. The van der Waals surface area contributed by atoms with E-state index in [1.807, 2.05) is 53.4 Å². The average molecular weight is 592 g/mol. The van der Waals surface area contributed by atoms with Gasteiger partial charge in [-0.25, -0.2) is 9.98 Å². The maximum absolute atomic E-state index is 12.0. The lowest BCUT2D eigenvalue weighted by molar-refractivity contribution is -0.384. The number of likely N-dealkylation sites (tertiary alicyclic amines) is 1. The van der Waals surface area contributed by atoms with Crippen LogP contribution in [0, 0.1) is 10.1 Å². The van der Waals surface area contributed by atoms with Crippen molar-refractivity contribution in [3.05, 3.63) is 99.7 Å². The summed E-state index contributed by atoms with van der Waals surface area (Å²) in [5.41, 5.74) is 5.06. The lowest BCUT2D eigenvalue weighted by atomic mass is 9.98. The van der Waals surface area contributed by atoms with Crippen molar-refractivity contribution >= 4 is 45.8 Å². The van der Waals surface area contributed by atoms with Crippen molar-refractivity contribution in [1.29, 1.82) is 0 Å². The van der Waals surface area contributed by atoms with Crippen LogP contribution in [-0.2, 0) is 16.0 Å². The quantitative estimate of drug-likeness (QED) is 0.101. The smallest absolute Gasteiger partial charge is 0.270 e. The van der Waals surface area contributed by atoms with Crippen molar-refractivity contribution in [3.8, 4) is 17.1 Å². The van der Waals surface area contributed by atoms with Crippen molar-refractivity contribution in [2.45, 2.75) is 26.2 Å². The highest BCUT2D eigenvalue weighted by molar-refractivity contribution is 6.22. The van der Waals surface area contributed by atoms with Crippen LogP contribution in [0.2, 0.25) is 0 Å². The summed E-state index contributed by atoms with van der Waals surface area (Å²) in [6, 6.07) is 19.4. The highest BCUT2D eigenvalue weighted by Gasteiger charge is 2.22. The van der Waals surface area contributed by atoms with E-state index in [2.05, 4.69) is 20.3 Å². The van der Waals surface area contributed by atoms with E-state index >= 15 is 0 Å². The number of fused-ring (bicyclic) bond motifs is 1. The number of nitrogens with one attached hydrogen (secondary N) is 3. The monoisotopic (exact) mass is 591 g/mol. The Hall–Kier alpha value is -5.78. The minimum Gasteiger partial charge on any atom is -0.494 e. The Morgan fingerprint density at radius 3 is 2.57 bits per heavy atom. The molecule has 12 heteroatoms. The molecule has 0 bridgehead atoms. The second-order valence-electron chi connectivity index (χ2n) is 10.6. The van der Waals surface area contributed by atoms with E-state index < -0.39 is 4.92 Å². The van der Waals surface area contributed by atoms with Gasteiger partial charge in [0.25, 0.3) is 5.69 Å². The molecule has 1 aliphatic heterocycles. The molecule has 0 unspecified atom stereocenters. The standard InChI is InChI=1S/C32H29N7O5/c1-19(40)34-32-33-18-27(37-32)21-8-10-23(11-9-21)35-30(29-25-17-24(39(43)44)12-13-26(25)36-31(29)42)22-6-4-20(5-7-22)14-16-38-15-2-3-28(38)41/h4-13,17-18,36,42H,2-3,14-16H2,1H3,(H2,33,34,37,40). The Labute approximate surface area is 251 Å². The summed E-state index contributed by atoms with van der Waals surface area (Å²) in [6.45, 7) is 2.84. The van der Waals surface area contributed by atoms with Crippen LogP contribution >= 0.6 is 0 Å². The molecule has 222 valence electrons. The summed E-state index contributed by atoms with van der Waals surface area (Å²) in [4.78, 5) is 51.4. The van der Waals surface area contributed by atoms with Crippen molar-refractivity contribution < 1.29 is 19.6 Å². The second-order valence-corrected chi connectivity index (χ2v) is 10.6. The number of aromatic hydroxyl groups is 1. The van der Waals surface area contributed by atoms with Gasteiger partial charge in [0, 0.05) is 55.0 Å². The van der Waals surface area contributed by atoms with Gasteiger partial charge in [0.1, 0.15) is 0 Å². The fourth-order valence-electron chi connectivity index (χ4n) is 5.36. The number of amides is 2. The zero-order valence-corrected chi connectivity index (χ0v) is 23.8. The molecule has 0 atom stereocenters. The number of carbonyl (C=O) groups is 2. The maximum Gasteiger partial charge on any atom is 0.270 e. The van der Waals surface area contributed by atoms with E-state index in [-0.39, 0.29) is 23.4 Å². The normalized spacial score (nSPS) is 13.5. The van der Waals surface area contributed by atoms with Gasteiger partial charge in [-0.15, -0.1) is 0 Å². The largest absolute Gasteiger partial charge is 0.494 e. The van der Waals surface area contributed by atoms with Crippen LogP contribution in [0.1, 0.15) is 36.5 Å². The zero-order chi connectivity index (χ0) is 30.8. The molecule has 4 N–H and O–H groups in total. The van der Waals surface area contributed by atoms with E-state index in [0.717, 1.165) is 24.1 Å². The molecule has 1 saturated heterocycles. The van der Waals surface area contributed by atoms with E-state index in [9.17, 15) is 24.8 Å². The van der Waals surface area contributed by atoms with Crippen molar-refractivity contribution in [2.75, 3.05) is 18.4 Å². The lowest BCUT2D eigenvalue weighted by Crippen LogP contribution is -2.26. The first-order chi connectivity index (χ1) is 21.2. The summed E-state index contributed by atoms with van der Waals surface area (Å²) < 4.78 is 0. The molecular formula is C32H29N7O5. The van der Waals surface area contributed by atoms with Crippen molar-refractivity contribution in [3.63, 3.8) is 0 Å². The van der Waals surface area contributed by atoms with Crippen molar-refractivity contribution in [1.82, 2.24) is 19.9 Å². The van der Waals surface area contributed by atoms with Gasteiger partial charge in [-0.2, -0.15) is 0 Å². The number of aromatic amines is 2. The number of imidazole rings is 1. The van der Waals surface area contributed by atoms with Crippen LogP contribution in [0.3, 0.4) is 0 Å². The third-order valence-electron chi connectivity index (χ3n) is 7.57. The molecule has 0 saturated carbocycles. The number of nitro benzene ring substituents is 1. The number of aliphatic imine (C=N–C) groups is 1. The van der Waals surface area contributed by atoms with Gasteiger partial charge in [-0.05, 0) is 42.2 Å². The molecule has 3 heterocycles. The Morgan fingerprint density at radius 1 is 1.11 bits per heavy atom. The van der Waals surface area contributed by atoms with Crippen LogP contribution in [0.4, 0.5) is 17.3 Å². The maximum atomic E-state index is 12.0. The Bertz CT molecular complexity index is 1910. The third kappa shape index (κ3) is 5.91. The van der Waals surface area contributed by atoms with Crippen LogP contribution in [0.25, 0.3) is 22.2 Å². The molecule has 2 amide bonds. The van der Waals surface area contributed by atoms with E-state index in [0.29, 0.717) is 64.5 Å². The number of aromatic nitrogens is 3. The number of hydrogen-bond donors (Lipinski definition) is 4. The Morgan fingerprint density at radius 2 is 1.89 bits per heavy atom. The van der Waals surface area contributed by atoms with Gasteiger partial charge in [0.05, 0.1) is 33.8 Å². The number of rotatable bonds is 9. The highest BCUT2D eigenvalue weighted by atomic mass is 16.6. The molecule has 0 spiro atoms. The number of hydrogen-bond acceptors (Lipinski definition) is 7. The predicted molar refractivity (Wildman–Crippen MR) is 166 cm³/mol. The number of nitrogens with zero attached hydrogens (tertiary/aromatic N) is 4. The summed E-state index contributed by atoms with van der Waals surface area (Å²) in [5, 5.41) is 25.7. The molecule has 0 aliphatic carbocycles. The van der Waals surface area contributed by atoms with Gasteiger partial charge >= 0.3 is 0 Å². The van der Waals surface area contributed by atoms with Crippen LogP contribution in [0.5, 0.6) is 5.88 Å². The average Bonchev–Trinajstić information content (AvgIpc) is 3.73. The Balaban J connectivity index is 1.37. The fourth-order valence-corrected chi connectivity index (χ4v) is 5.36. The summed E-state index contributed by atoms with van der Waals surface area (Å²) in [5.74, 6) is 0.141. The zero-order valence-electron chi connectivity index (χ0n) is 23.8. The first-order valence-electron chi connectivity index (χ1n) is 14.1. The van der Waals surface area contributed by atoms with Crippen LogP contribution in [0.15, 0.2) is 77.9 Å². The van der Waals surface area contributed by atoms with Gasteiger partial charge < -0.3 is 20.0 Å². The van der Waals surface area contributed by atoms with Crippen LogP contribution in [-0.4, -0.2) is 60.5 Å². The number of carbonyl (C=O) groups excluding carboxylic acids is 2.